The van der Waals surface area contributed by atoms with Crippen molar-refractivity contribution in [3.05, 3.63) is 48.0 Å². The lowest BCUT2D eigenvalue weighted by Gasteiger charge is -2.34. The molecule has 0 saturated carbocycles. The summed E-state index contributed by atoms with van der Waals surface area (Å²) in [6.45, 7) is 3.15. The summed E-state index contributed by atoms with van der Waals surface area (Å²) in [6.07, 6.45) is 5.79. The van der Waals surface area contributed by atoms with Crippen LogP contribution in [0.1, 0.15) is 30.4 Å². The third kappa shape index (κ3) is 6.47. The van der Waals surface area contributed by atoms with Gasteiger partial charge in [-0.3, -0.25) is 9.79 Å². The molecule has 0 aliphatic carbocycles. The van der Waals surface area contributed by atoms with Gasteiger partial charge in [0.25, 0.3) is 0 Å². The zero-order chi connectivity index (χ0) is 19.1. The van der Waals surface area contributed by atoms with Crippen LogP contribution < -0.4 is 11.1 Å². The predicted molar refractivity (Wildman–Crippen MR) is 119 cm³/mol. The Labute approximate surface area is 182 Å². The van der Waals surface area contributed by atoms with Crippen LogP contribution in [0.25, 0.3) is 0 Å². The van der Waals surface area contributed by atoms with Gasteiger partial charge in [0.15, 0.2) is 5.96 Å². The highest BCUT2D eigenvalue weighted by atomic mass is 127. The van der Waals surface area contributed by atoms with Crippen LogP contribution in [-0.4, -0.2) is 51.7 Å². The van der Waals surface area contributed by atoms with E-state index >= 15 is 0 Å². The number of halogens is 1. The fraction of sp³-hybridized carbons (Fsp3) is 0.474. The number of carbonyl (C=O) groups is 1. The van der Waals surface area contributed by atoms with Crippen molar-refractivity contribution in [2.24, 2.45) is 16.6 Å². The van der Waals surface area contributed by atoms with Crippen LogP contribution in [0, 0.1) is 5.92 Å². The molecule has 1 aliphatic rings. The van der Waals surface area contributed by atoms with Crippen molar-refractivity contribution in [1.29, 1.82) is 0 Å². The normalized spacial score (nSPS) is 17.1. The van der Waals surface area contributed by atoms with Crippen molar-refractivity contribution in [1.82, 2.24) is 25.0 Å². The topological polar surface area (TPSA) is 101 Å². The molecule has 9 heteroatoms. The lowest BCUT2D eigenvalue weighted by molar-refractivity contribution is -0.119. The second kappa shape index (κ2) is 11.0. The second-order valence-electron chi connectivity index (χ2n) is 6.94. The summed E-state index contributed by atoms with van der Waals surface area (Å²) < 4.78 is 1.80. The van der Waals surface area contributed by atoms with Crippen LogP contribution in [0.4, 0.5) is 0 Å². The highest BCUT2D eigenvalue weighted by molar-refractivity contribution is 14.0. The second-order valence-corrected chi connectivity index (χ2v) is 6.94. The van der Waals surface area contributed by atoms with E-state index in [0.717, 1.165) is 31.9 Å². The molecule has 1 unspecified atom stereocenters. The van der Waals surface area contributed by atoms with E-state index in [9.17, 15) is 4.79 Å². The van der Waals surface area contributed by atoms with E-state index in [0.29, 0.717) is 25.4 Å². The summed E-state index contributed by atoms with van der Waals surface area (Å²) in [5.41, 5.74) is 7.72. The zero-order valence-electron chi connectivity index (χ0n) is 16.1. The summed E-state index contributed by atoms with van der Waals surface area (Å²) in [6, 6.07) is 8.39. The first kappa shape index (κ1) is 22.1. The smallest absolute Gasteiger partial charge is 0.217 e. The van der Waals surface area contributed by atoms with E-state index < -0.39 is 0 Å². The van der Waals surface area contributed by atoms with Crippen LogP contribution in [0.15, 0.2) is 41.9 Å². The minimum Gasteiger partial charge on any atom is -0.370 e. The molecular weight excluding hydrogens is 469 g/mol. The number of nitrogens with two attached hydrogens (primary N) is 1. The van der Waals surface area contributed by atoms with Gasteiger partial charge in [-0.1, -0.05) is 24.3 Å². The van der Waals surface area contributed by atoms with Gasteiger partial charge in [0.2, 0.25) is 5.91 Å². The van der Waals surface area contributed by atoms with Crippen molar-refractivity contribution >= 4 is 35.8 Å². The van der Waals surface area contributed by atoms with Gasteiger partial charge in [-0.05, 0) is 29.9 Å². The van der Waals surface area contributed by atoms with Gasteiger partial charge in [-0.15, -0.1) is 24.0 Å². The van der Waals surface area contributed by atoms with Gasteiger partial charge in [-0.2, -0.15) is 5.10 Å². The lowest BCUT2D eigenvalue weighted by atomic mass is 9.95. The van der Waals surface area contributed by atoms with Crippen LogP contribution >= 0.6 is 24.0 Å². The molecule has 1 aromatic heterocycles. The fourth-order valence-electron chi connectivity index (χ4n) is 3.56. The van der Waals surface area contributed by atoms with E-state index in [2.05, 4.69) is 49.6 Å². The Bertz CT molecular complexity index is 778. The highest BCUT2D eigenvalue weighted by Gasteiger charge is 2.23. The molecule has 1 atom stereocenters. The zero-order valence-corrected chi connectivity index (χ0v) is 18.5. The maximum Gasteiger partial charge on any atom is 0.217 e. The average Bonchev–Trinajstić information content (AvgIpc) is 3.15. The Morgan fingerprint density at radius 1 is 1.39 bits per heavy atom. The van der Waals surface area contributed by atoms with Crippen LogP contribution in [0.3, 0.4) is 0 Å². The van der Waals surface area contributed by atoms with E-state index in [1.807, 2.05) is 0 Å². The number of benzene rings is 1. The maximum absolute atomic E-state index is 11.2. The van der Waals surface area contributed by atoms with Crippen molar-refractivity contribution in [2.45, 2.75) is 32.4 Å². The minimum atomic E-state index is -0.228. The third-order valence-electron chi connectivity index (χ3n) is 4.77. The Hall–Kier alpha value is -2.17. The van der Waals surface area contributed by atoms with Gasteiger partial charge < -0.3 is 16.0 Å². The summed E-state index contributed by atoms with van der Waals surface area (Å²) in [5.74, 6) is 0.945. The minimum absolute atomic E-state index is 0. The number of primary amides is 1. The first-order chi connectivity index (χ1) is 13.1. The molecule has 1 aromatic carbocycles. The maximum atomic E-state index is 11.2. The average molecular weight is 497 g/mol. The molecule has 1 amide bonds. The van der Waals surface area contributed by atoms with Crippen LogP contribution in [-0.2, 0) is 17.9 Å². The highest BCUT2D eigenvalue weighted by Crippen LogP contribution is 2.19. The Balaban J connectivity index is 0.00000280. The van der Waals surface area contributed by atoms with Crippen LogP contribution in [0.2, 0.25) is 0 Å². The number of carbonyl (C=O) groups excluding carboxylic acids is 1. The lowest BCUT2D eigenvalue weighted by Crippen LogP contribution is -2.46. The summed E-state index contributed by atoms with van der Waals surface area (Å²) >= 11 is 0. The van der Waals surface area contributed by atoms with Gasteiger partial charge in [-0.25, -0.2) is 9.67 Å². The molecular formula is C19H28IN7O. The van der Waals surface area contributed by atoms with E-state index in [1.165, 1.54) is 11.1 Å². The number of rotatable bonds is 6. The van der Waals surface area contributed by atoms with E-state index in [4.69, 9.17) is 5.73 Å². The molecule has 152 valence electrons. The molecule has 3 N–H and O–H groups in total. The molecule has 0 bridgehead atoms. The third-order valence-corrected chi connectivity index (χ3v) is 4.77. The van der Waals surface area contributed by atoms with Gasteiger partial charge in [0.1, 0.15) is 12.7 Å². The van der Waals surface area contributed by atoms with Crippen molar-refractivity contribution in [3.8, 4) is 0 Å². The summed E-state index contributed by atoms with van der Waals surface area (Å²) in [7, 11) is 1.79. The van der Waals surface area contributed by atoms with Crippen LogP contribution in [0.5, 0.6) is 0 Å². The van der Waals surface area contributed by atoms with Gasteiger partial charge in [0, 0.05) is 33.1 Å². The van der Waals surface area contributed by atoms with E-state index in [1.54, 1.807) is 24.4 Å². The molecule has 1 saturated heterocycles. The summed E-state index contributed by atoms with van der Waals surface area (Å²) in [4.78, 5) is 21.8. The number of amides is 1. The number of aliphatic imine (C=N–C) groups is 1. The number of aromatic nitrogens is 3. The standard InChI is InChI=1S/C19H27N7O.HI/c1-21-19(25-7-3-6-17(11-25)9-18(20)27)23-10-15-4-2-5-16(8-15)12-26-14-22-13-24-26;/h2,4-5,8,13-14,17H,3,6-7,9-12H2,1H3,(H2,20,27)(H,21,23);1H. The molecule has 0 spiro atoms. The molecule has 28 heavy (non-hydrogen) atoms. The molecule has 2 aromatic rings. The van der Waals surface area contributed by atoms with Crippen molar-refractivity contribution in [3.63, 3.8) is 0 Å². The van der Waals surface area contributed by atoms with Crippen molar-refractivity contribution < 1.29 is 4.79 Å². The number of hydrogen-bond donors (Lipinski definition) is 2. The van der Waals surface area contributed by atoms with Crippen molar-refractivity contribution in [2.75, 3.05) is 20.1 Å². The molecule has 3 rings (SSSR count). The first-order valence-electron chi connectivity index (χ1n) is 9.28. The molecule has 8 nitrogen and oxygen atoms in total. The molecule has 1 aliphatic heterocycles. The molecule has 2 heterocycles. The fourth-order valence-corrected chi connectivity index (χ4v) is 3.56. The number of piperidine rings is 1. The summed E-state index contributed by atoms with van der Waals surface area (Å²) in [5, 5.41) is 7.59. The quantitative estimate of drug-likeness (QED) is 0.359. The predicted octanol–water partition coefficient (Wildman–Crippen LogP) is 1.61. The number of likely N-dealkylation sites (tertiary alicyclic amines) is 1. The number of nitrogens with one attached hydrogen (secondary N) is 1. The van der Waals surface area contributed by atoms with E-state index in [-0.39, 0.29) is 29.9 Å². The molecule has 1 fully saturated rings. The number of guanidine groups is 1. The largest absolute Gasteiger partial charge is 0.370 e. The molecule has 0 radical (unpaired) electrons. The van der Waals surface area contributed by atoms with Gasteiger partial charge in [0.05, 0.1) is 6.54 Å². The Morgan fingerprint density at radius 3 is 2.93 bits per heavy atom. The monoisotopic (exact) mass is 497 g/mol. The first-order valence-corrected chi connectivity index (χ1v) is 9.28. The Kier molecular flexibility index (Phi) is 8.68. The Morgan fingerprint density at radius 2 is 2.21 bits per heavy atom. The number of hydrogen-bond acceptors (Lipinski definition) is 4. The van der Waals surface area contributed by atoms with Gasteiger partial charge >= 0.3 is 0 Å². The SMILES string of the molecule is CN=C(NCc1cccc(Cn2cncn2)c1)N1CCCC(CC(N)=O)C1.I. The number of nitrogens with zero attached hydrogens (tertiary/aromatic N) is 5.